The molecule has 4 aromatic rings. The summed E-state index contributed by atoms with van der Waals surface area (Å²) in [5.41, 5.74) is 6.68. The number of aryl methyl sites for hydroxylation is 2. The van der Waals surface area contributed by atoms with Gasteiger partial charge in [0.2, 0.25) is 0 Å². The van der Waals surface area contributed by atoms with Crippen molar-refractivity contribution in [2.24, 2.45) is 7.05 Å². The minimum absolute atomic E-state index is 0.798. The second kappa shape index (κ2) is 6.39. The molecule has 1 aromatic carbocycles. The number of hydrogen-bond donors (Lipinski definition) is 1. The van der Waals surface area contributed by atoms with Crippen LogP contribution in [0.2, 0.25) is 0 Å². The van der Waals surface area contributed by atoms with Gasteiger partial charge >= 0.3 is 0 Å². The maximum atomic E-state index is 5.45. The fourth-order valence-electron chi connectivity index (χ4n) is 4.09. The van der Waals surface area contributed by atoms with Crippen LogP contribution in [0.4, 0.5) is 5.69 Å². The van der Waals surface area contributed by atoms with E-state index in [0.29, 0.717) is 0 Å². The van der Waals surface area contributed by atoms with Crippen LogP contribution in [0.1, 0.15) is 12.5 Å². The van der Waals surface area contributed by atoms with E-state index in [2.05, 4.69) is 46.2 Å². The Morgan fingerprint density at radius 1 is 1.15 bits per heavy atom. The number of H-pyrrole nitrogens is 1. The van der Waals surface area contributed by atoms with Crippen molar-refractivity contribution in [3.05, 3.63) is 42.2 Å². The molecule has 27 heavy (non-hydrogen) atoms. The lowest BCUT2D eigenvalue weighted by Crippen LogP contribution is -2.36. The van der Waals surface area contributed by atoms with Crippen LogP contribution >= 0.6 is 0 Å². The van der Waals surface area contributed by atoms with Crippen LogP contribution in [0.15, 0.2) is 36.7 Å². The predicted octanol–water partition coefficient (Wildman–Crippen LogP) is 3.52. The Balaban J connectivity index is 1.62. The van der Waals surface area contributed by atoms with Crippen molar-refractivity contribution in [1.29, 1.82) is 0 Å². The topological polar surface area (TPSA) is 59.0 Å². The molecule has 3 aromatic heterocycles. The van der Waals surface area contributed by atoms with E-state index in [4.69, 9.17) is 9.72 Å². The lowest BCUT2D eigenvalue weighted by Gasteiger charge is -2.28. The Morgan fingerprint density at radius 2 is 1.93 bits per heavy atom. The summed E-state index contributed by atoms with van der Waals surface area (Å²) in [7, 11) is 2.03. The summed E-state index contributed by atoms with van der Waals surface area (Å²) in [6, 6.07) is 8.75. The second-order valence-corrected chi connectivity index (χ2v) is 7.03. The summed E-state index contributed by atoms with van der Waals surface area (Å²) in [6.45, 7) is 5.68. The van der Waals surface area contributed by atoms with Crippen molar-refractivity contribution in [1.82, 2.24) is 19.7 Å². The summed E-state index contributed by atoms with van der Waals surface area (Å²) in [4.78, 5) is 11.9. The van der Waals surface area contributed by atoms with E-state index in [1.807, 2.05) is 24.1 Å². The third kappa shape index (κ3) is 2.59. The van der Waals surface area contributed by atoms with E-state index >= 15 is 0 Å². The highest BCUT2D eigenvalue weighted by atomic mass is 16.5. The summed E-state index contributed by atoms with van der Waals surface area (Å²) < 4.78 is 7.50. The van der Waals surface area contributed by atoms with Crippen LogP contribution in [0, 0.1) is 0 Å². The molecule has 6 heteroatoms. The van der Waals surface area contributed by atoms with Crippen molar-refractivity contribution < 1.29 is 4.74 Å². The zero-order valence-electron chi connectivity index (χ0n) is 15.7. The van der Waals surface area contributed by atoms with E-state index in [1.54, 1.807) is 0 Å². The zero-order valence-corrected chi connectivity index (χ0v) is 15.7. The van der Waals surface area contributed by atoms with Gasteiger partial charge in [0.1, 0.15) is 0 Å². The Hall–Kier alpha value is -2.86. The molecule has 6 nitrogen and oxygen atoms in total. The van der Waals surface area contributed by atoms with Crippen LogP contribution in [0.25, 0.3) is 33.2 Å². The van der Waals surface area contributed by atoms with Crippen LogP contribution in [0.5, 0.6) is 0 Å². The van der Waals surface area contributed by atoms with Gasteiger partial charge in [0.15, 0.2) is 5.65 Å². The van der Waals surface area contributed by atoms with Gasteiger partial charge in [-0.2, -0.15) is 0 Å². The van der Waals surface area contributed by atoms with Gasteiger partial charge in [-0.1, -0.05) is 19.1 Å². The first-order valence-electron chi connectivity index (χ1n) is 9.50. The number of morpholine rings is 1. The summed E-state index contributed by atoms with van der Waals surface area (Å²) in [5, 5.41) is 5.52. The van der Waals surface area contributed by atoms with Crippen molar-refractivity contribution in [2.45, 2.75) is 13.3 Å². The minimum Gasteiger partial charge on any atom is -0.378 e. The predicted molar refractivity (Wildman–Crippen MR) is 108 cm³/mol. The first-order valence-corrected chi connectivity index (χ1v) is 9.50. The van der Waals surface area contributed by atoms with Crippen LogP contribution < -0.4 is 4.90 Å². The molecule has 0 bridgehead atoms. The lowest BCUT2D eigenvalue weighted by atomic mass is 10.0. The van der Waals surface area contributed by atoms with Gasteiger partial charge in [0, 0.05) is 49.2 Å². The summed E-state index contributed by atoms with van der Waals surface area (Å²) in [6.07, 6.45) is 4.81. The quantitative estimate of drug-likeness (QED) is 0.607. The Morgan fingerprint density at radius 3 is 2.67 bits per heavy atom. The van der Waals surface area contributed by atoms with Crippen molar-refractivity contribution in [2.75, 3.05) is 31.2 Å². The highest BCUT2D eigenvalue weighted by Crippen LogP contribution is 2.34. The SMILES string of the molecule is CCc1c(-c2ccc(N3CCOCC3)cc2)nc2ncc3c[nH]n(C)c3c12. The van der Waals surface area contributed by atoms with Gasteiger partial charge in [0.05, 0.1) is 29.8 Å². The van der Waals surface area contributed by atoms with E-state index in [0.717, 1.165) is 60.4 Å². The molecule has 0 amide bonds. The molecule has 1 N–H and O–H groups in total. The van der Waals surface area contributed by atoms with E-state index in [-0.39, 0.29) is 0 Å². The minimum atomic E-state index is 0.798. The fourth-order valence-corrected chi connectivity index (χ4v) is 4.09. The summed E-state index contributed by atoms with van der Waals surface area (Å²) in [5.74, 6) is 0. The third-order valence-corrected chi connectivity index (χ3v) is 5.48. The molecule has 138 valence electrons. The maximum Gasteiger partial charge on any atom is 0.162 e. The first-order chi connectivity index (χ1) is 13.3. The first kappa shape index (κ1) is 16.3. The molecule has 0 unspecified atom stereocenters. The number of fused-ring (bicyclic) bond motifs is 3. The number of hydrogen-bond acceptors (Lipinski definition) is 4. The van der Waals surface area contributed by atoms with Gasteiger partial charge in [0.25, 0.3) is 0 Å². The molecule has 1 fully saturated rings. The standard InChI is InChI=1S/C21H23N5O/c1-3-17-18-20-15(13-23-25(20)2)12-22-21(18)24-19(17)14-4-6-16(7-5-14)26-8-10-27-11-9-26/h4-7,12-13,23H,3,8-11H2,1-2H3. The molecule has 5 rings (SSSR count). The Bertz CT molecular complexity index is 1100. The highest BCUT2D eigenvalue weighted by molar-refractivity contribution is 6.06. The van der Waals surface area contributed by atoms with E-state index in [1.165, 1.54) is 16.8 Å². The van der Waals surface area contributed by atoms with Crippen LogP contribution in [-0.4, -0.2) is 46.1 Å². The number of aromatic amines is 1. The number of ether oxygens (including phenoxy) is 1. The molecule has 0 spiro atoms. The van der Waals surface area contributed by atoms with Crippen molar-refractivity contribution >= 4 is 27.6 Å². The molecular formula is C21H23N5O. The molecule has 0 saturated carbocycles. The van der Waals surface area contributed by atoms with Gasteiger partial charge in [-0.15, -0.1) is 0 Å². The molecule has 1 aliphatic heterocycles. The zero-order chi connectivity index (χ0) is 18.4. The number of rotatable bonds is 3. The van der Waals surface area contributed by atoms with Gasteiger partial charge in [-0.25, -0.2) is 9.97 Å². The number of pyridine rings is 1. The van der Waals surface area contributed by atoms with E-state index < -0.39 is 0 Å². The maximum absolute atomic E-state index is 5.45. The molecule has 1 aliphatic rings. The van der Waals surface area contributed by atoms with Gasteiger partial charge in [-0.05, 0) is 24.1 Å². The molecule has 0 atom stereocenters. The van der Waals surface area contributed by atoms with Gasteiger partial charge in [-0.3, -0.25) is 4.68 Å². The second-order valence-electron chi connectivity index (χ2n) is 7.03. The number of nitrogens with zero attached hydrogens (tertiary/aromatic N) is 4. The monoisotopic (exact) mass is 361 g/mol. The fraction of sp³-hybridized carbons (Fsp3) is 0.333. The van der Waals surface area contributed by atoms with Crippen molar-refractivity contribution in [3.8, 4) is 11.3 Å². The molecule has 1 saturated heterocycles. The largest absolute Gasteiger partial charge is 0.378 e. The summed E-state index contributed by atoms with van der Waals surface area (Å²) >= 11 is 0. The number of aromatic nitrogens is 4. The smallest absolute Gasteiger partial charge is 0.162 e. The van der Waals surface area contributed by atoms with Crippen LogP contribution in [0.3, 0.4) is 0 Å². The molecular weight excluding hydrogens is 338 g/mol. The number of nitrogens with one attached hydrogen (secondary N) is 1. The Labute approximate surface area is 157 Å². The van der Waals surface area contributed by atoms with Crippen LogP contribution in [-0.2, 0) is 18.2 Å². The molecule has 0 radical (unpaired) electrons. The number of anilines is 1. The average Bonchev–Trinajstić information content (AvgIpc) is 3.29. The van der Waals surface area contributed by atoms with Gasteiger partial charge < -0.3 is 14.7 Å². The normalized spacial score (nSPS) is 15.1. The lowest BCUT2D eigenvalue weighted by molar-refractivity contribution is 0.122. The Kier molecular flexibility index (Phi) is 3.86. The van der Waals surface area contributed by atoms with E-state index in [9.17, 15) is 0 Å². The van der Waals surface area contributed by atoms with Crippen molar-refractivity contribution in [3.63, 3.8) is 0 Å². The average molecular weight is 361 g/mol. The number of benzene rings is 1. The molecule has 4 heterocycles. The molecule has 0 aliphatic carbocycles. The third-order valence-electron chi connectivity index (χ3n) is 5.48. The highest BCUT2D eigenvalue weighted by Gasteiger charge is 2.19.